The molecule has 0 aromatic carbocycles. The van der Waals surface area contributed by atoms with Crippen molar-refractivity contribution in [3.63, 3.8) is 0 Å². The van der Waals surface area contributed by atoms with E-state index in [1.807, 2.05) is 30.6 Å². The SMILES string of the molecule is CO/N=C/c1cnc(N(C)C)n1C. The van der Waals surface area contributed by atoms with Crippen molar-refractivity contribution in [1.29, 1.82) is 0 Å². The number of rotatable bonds is 3. The maximum absolute atomic E-state index is 4.59. The Labute approximate surface area is 77.6 Å². The molecule has 1 aromatic heterocycles. The lowest BCUT2D eigenvalue weighted by Crippen LogP contribution is -2.14. The van der Waals surface area contributed by atoms with Gasteiger partial charge in [0.05, 0.1) is 18.1 Å². The molecule has 1 heterocycles. The van der Waals surface area contributed by atoms with Gasteiger partial charge in [-0.15, -0.1) is 0 Å². The van der Waals surface area contributed by atoms with Crippen LogP contribution in [-0.2, 0) is 11.9 Å². The molecule has 0 aliphatic rings. The van der Waals surface area contributed by atoms with E-state index in [-0.39, 0.29) is 0 Å². The topological polar surface area (TPSA) is 42.7 Å². The molecule has 0 saturated heterocycles. The van der Waals surface area contributed by atoms with Crippen LogP contribution < -0.4 is 4.90 Å². The Morgan fingerprint density at radius 2 is 2.31 bits per heavy atom. The fourth-order valence-corrected chi connectivity index (χ4v) is 1.05. The summed E-state index contributed by atoms with van der Waals surface area (Å²) in [6, 6.07) is 0. The molecule has 72 valence electrons. The summed E-state index contributed by atoms with van der Waals surface area (Å²) in [5.74, 6) is 0.887. The number of oxime groups is 1. The number of hydrogen-bond acceptors (Lipinski definition) is 4. The van der Waals surface area contributed by atoms with Gasteiger partial charge >= 0.3 is 0 Å². The summed E-state index contributed by atoms with van der Waals surface area (Å²) in [6.45, 7) is 0. The van der Waals surface area contributed by atoms with E-state index >= 15 is 0 Å². The number of nitrogens with zero attached hydrogens (tertiary/aromatic N) is 4. The van der Waals surface area contributed by atoms with Gasteiger partial charge in [0.2, 0.25) is 5.95 Å². The highest BCUT2D eigenvalue weighted by Gasteiger charge is 2.05. The fraction of sp³-hybridized carbons (Fsp3) is 0.500. The Kier molecular flexibility index (Phi) is 2.89. The van der Waals surface area contributed by atoms with Crippen molar-refractivity contribution in [1.82, 2.24) is 9.55 Å². The Hall–Kier alpha value is -1.52. The summed E-state index contributed by atoms with van der Waals surface area (Å²) >= 11 is 0. The Balaban J connectivity index is 2.93. The second kappa shape index (κ2) is 3.93. The van der Waals surface area contributed by atoms with Crippen LogP contribution in [0, 0.1) is 0 Å². The van der Waals surface area contributed by atoms with Gasteiger partial charge in [-0.05, 0) is 0 Å². The van der Waals surface area contributed by atoms with Crippen LogP contribution in [0.2, 0.25) is 0 Å². The lowest BCUT2D eigenvalue weighted by Gasteiger charge is -2.11. The van der Waals surface area contributed by atoms with Crippen molar-refractivity contribution in [2.45, 2.75) is 0 Å². The van der Waals surface area contributed by atoms with Gasteiger partial charge in [-0.3, -0.25) is 0 Å². The highest BCUT2D eigenvalue weighted by atomic mass is 16.6. The molecule has 0 unspecified atom stereocenters. The summed E-state index contributed by atoms with van der Waals surface area (Å²) in [5, 5.41) is 3.67. The van der Waals surface area contributed by atoms with Crippen LogP contribution in [0.3, 0.4) is 0 Å². The van der Waals surface area contributed by atoms with Crippen molar-refractivity contribution >= 4 is 12.2 Å². The molecule has 0 aliphatic carbocycles. The van der Waals surface area contributed by atoms with E-state index in [1.165, 1.54) is 7.11 Å². The highest BCUT2D eigenvalue weighted by molar-refractivity contribution is 5.77. The molecular formula is C8H14N4O. The molecule has 0 atom stereocenters. The summed E-state index contributed by atoms with van der Waals surface area (Å²) in [4.78, 5) is 10.7. The minimum absolute atomic E-state index is 0.887. The normalized spacial score (nSPS) is 10.8. The van der Waals surface area contributed by atoms with Gasteiger partial charge in [-0.2, -0.15) is 0 Å². The predicted octanol–water partition coefficient (Wildman–Crippen LogP) is 0.466. The summed E-state index contributed by atoms with van der Waals surface area (Å²) < 4.78 is 1.93. The summed E-state index contributed by atoms with van der Waals surface area (Å²) in [6.07, 6.45) is 3.37. The third kappa shape index (κ3) is 1.99. The lowest BCUT2D eigenvalue weighted by atomic mass is 10.5. The molecule has 5 heteroatoms. The first-order valence-corrected chi connectivity index (χ1v) is 3.92. The molecule has 0 spiro atoms. The maximum atomic E-state index is 4.59. The van der Waals surface area contributed by atoms with Crippen molar-refractivity contribution in [2.75, 3.05) is 26.1 Å². The maximum Gasteiger partial charge on any atom is 0.205 e. The Bertz CT molecular complexity index is 303. The molecule has 0 saturated carbocycles. The molecular weight excluding hydrogens is 168 g/mol. The molecule has 0 amide bonds. The zero-order chi connectivity index (χ0) is 9.84. The molecule has 0 N–H and O–H groups in total. The number of anilines is 1. The van der Waals surface area contributed by atoms with Gasteiger partial charge < -0.3 is 14.3 Å². The molecule has 1 rings (SSSR count). The number of hydrogen-bond donors (Lipinski definition) is 0. The van der Waals surface area contributed by atoms with Crippen LogP contribution in [0.25, 0.3) is 0 Å². The molecule has 0 bridgehead atoms. The van der Waals surface area contributed by atoms with Gasteiger partial charge in [-0.25, -0.2) is 4.98 Å². The molecule has 0 radical (unpaired) electrons. The van der Waals surface area contributed by atoms with Crippen molar-refractivity contribution in [3.05, 3.63) is 11.9 Å². The first-order chi connectivity index (χ1) is 6.16. The Morgan fingerprint density at radius 1 is 1.62 bits per heavy atom. The van der Waals surface area contributed by atoms with Crippen molar-refractivity contribution < 1.29 is 4.84 Å². The second-order valence-corrected chi connectivity index (χ2v) is 2.85. The molecule has 13 heavy (non-hydrogen) atoms. The van der Waals surface area contributed by atoms with E-state index in [0.717, 1.165) is 11.6 Å². The van der Waals surface area contributed by atoms with E-state index in [1.54, 1.807) is 12.4 Å². The number of aromatic nitrogens is 2. The van der Waals surface area contributed by atoms with E-state index in [0.29, 0.717) is 0 Å². The first-order valence-electron chi connectivity index (χ1n) is 3.92. The van der Waals surface area contributed by atoms with Crippen LogP contribution in [0.15, 0.2) is 11.4 Å². The van der Waals surface area contributed by atoms with Crippen LogP contribution in [-0.4, -0.2) is 37.0 Å². The monoisotopic (exact) mass is 182 g/mol. The second-order valence-electron chi connectivity index (χ2n) is 2.85. The van der Waals surface area contributed by atoms with Crippen LogP contribution in [0.5, 0.6) is 0 Å². The van der Waals surface area contributed by atoms with Gasteiger partial charge in [0.1, 0.15) is 7.11 Å². The van der Waals surface area contributed by atoms with E-state index < -0.39 is 0 Å². The zero-order valence-electron chi connectivity index (χ0n) is 8.35. The Morgan fingerprint density at radius 3 is 2.77 bits per heavy atom. The van der Waals surface area contributed by atoms with Gasteiger partial charge in [0.25, 0.3) is 0 Å². The minimum atomic E-state index is 0.887. The largest absolute Gasteiger partial charge is 0.399 e. The summed E-state index contributed by atoms with van der Waals surface area (Å²) in [5.41, 5.74) is 0.908. The van der Waals surface area contributed by atoms with Gasteiger partial charge in [0, 0.05) is 21.1 Å². The molecule has 0 fully saturated rings. The van der Waals surface area contributed by atoms with Gasteiger partial charge in [0.15, 0.2) is 0 Å². The van der Waals surface area contributed by atoms with Crippen molar-refractivity contribution in [2.24, 2.45) is 12.2 Å². The quantitative estimate of drug-likeness (QED) is 0.504. The average molecular weight is 182 g/mol. The van der Waals surface area contributed by atoms with Crippen LogP contribution in [0.4, 0.5) is 5.95 Å². The predicted molar refractivity (Wildman–Crippen MR) is 52.1 cm³/mol. The number of imidazole rings is 1. The third-order valence-corrected chi connectivity index (χ3v) is 1.69. The third-order valence-electron chi connectivity index (χ3n) is 1.69. The lowest BCUT2D eigenvalue weighted by molar-refractivity contribution is 0.215. The van der Waals surface area contributed by atoms with Crippen LogP contribution >= 0.6 is 0 Å². The molecule has 0 aliphatic heterocycles. The molecule has 5 nitrogen and oxygen atoms in total. The fourth-order valence-electron chi connectivity index (χ4n) is 1.05. The average Bonchev–Trinajstić information content (AvgIpc) is 2.43. The first kappa shape index (κ1) is 9.57. The van der Waals surface area contributed by atoms with Gasteiger partial charge in [-0.1, -0.05) is 5.16 Å². The zero-order valence-corrected chi connectivity index (χ0v) is 8.35. The standard InChI is InChI=1S/C8H14N4O/c1-11(2)8-9-5-7(12(8)3)6-10-13-4/h5-6H,1-4H3/b10-6+. The molecule has 1 aromatic rings. The highest BCUT2D eigenvalue weighted by Crippen LogP contribution is 2.08. The van der Waals surface area contributed by atoms with Crippen LogP contribution in [0.1, 0.15) is 5.69 Å². The smallest absolute Gasteiger partial charge is 0.205 e. The van der Waals surface area contributed by atoms with Crippen molar-refractivity contribution in [3.8, 4) is 0 Å². The summed E-state index contributed by atoms with van der Waals surface area (Å²) in [7, 11) is 7.33. The van der Waals surface area contributed by atoms with E-state index in [9.17, 15) is 0 Å². The van der Waals surface area contributed by atoms with E-state index in [4.69, 9.17) is 0 Å². The minimum Gasteiger partial charge on any atom is -0.399 e. The van der Waals surface area contributed by atoms with E-state index in [2.05, 4.69) is 15.0 Å².